The molecule has 0 unspecified atom stereocenters. The molecular weight excluding hydrogens is 154 g/mol. The third kappa shape index (κ3) is 2.30. The van der Waals surface area contributed by atoms with Gasteiger partial charge in [-0.05, 0) is 6.42 Å². The molecule has 0 spiro atoms. The zero-order valence-corrected chi connectivity index (χ0v) is 6.95. The minimum atomic E-state index is -0.381. The monoisotopic (exact) mass is 165 g/mol. The van der Waals surface area contributed by atoms with E-state index in [4.69, 9.17) is 5.73 Å². The molecule has 0 aliphatic carbocycles. The highest BCUT2D eigenvalue weighted by Crippen LogP contribution is 1.96. The number of rotatable bonds is 3. The van der Waals surface area contributed by atoms with Gasteiger partial charge in [-0.25, -0.2) is 0 Å². The number of carbonyl (C=O) groups is 1. The Hall–Kier alpha value is -1.45. The highest BCUT2D eigenvalue weighted by atomic mass is 16.1. The van der Waals surface area contributed by atoms with Crippen LogP contribution in [0.5, 0.6) is 0 Å². The average molecular weight is 165 g/mol. The van der Waals surface area contributed by atoms with Gasteiger partial charge in [0.05, 0.1) is 17.8 Å². The van der Waals surface area contributed by atoms with E-state index in [-0.39, 0.29) is 12.3 Å². The van der Waals surface area contributed by atoms with E-state index < -0.39 is 0 Å². The molecule has 0 saturated carbocycles. The van der Waals surface area contributed by atoms with E-state index in [1.165, 1.54) is 0 Å². The van der Waals surface area contributed by atoms with Gasteiger partial charge >= 0.3 is 0 Å². The van der Waals surface area contributed by atoms with Crippen LogP contribution in [-0.4, -0.2) is 15.9 Å². The number of primary amides is 1. The molecule has 0 aromatic carbocycles. The summed E-state index contributed by atoms with van der Waals surface area (Å²) in [6.45, 7) is 2.00. The highest BCUT2D eigenvalue weighted by Gasteiger charge is 1.99. The summed E-state index contributed by atoms with van der Waals surface area (Å²) in [5.74, 6) is -0.381. The third-order valence-electron chi connectivity index (χ3n) is 1.48. The predicted molar refractivity (Wildman–Crippen MR) is 44.3 cm³/mol. The quantitative estimate of drug-likeness (QED) is 0.688. The smallest absolute Gasteiger partial charge is 0.223 e. The van der Waals surface area contributed by atoms with Crippen molar-refractivity contribution in [3.05, 3.63) is 23.8 Å². The van der Waals surface area contributed by atoms with E-state index >= 15 is 0 Å². The molecule has 0 fully saturated rings. The van der Waals surface area contributed by atoms with Crippen molar-refractivity contribution < 1.29 is 4.79 Å². The molecule has 0 aliphatic heterocycles. The molecule has 4 heteroatoms. The molecular formula is C8H11N3O. The van der Waals surface area contributed by atoms with E-state index in [1.54, 1.807) is 12.4 Å². The number of aryl methyl sites for hydroxylation is 1. The van der Waals surface area contributed by atoms with Crippen molar-refractivity contribution in [2.45, 2.75) is 19.8 Å². The van der Waals surface area contributed by atoms with Crippen molar-refractivity contribution in [1.29, 1.82) is 0 Å². The van der Waals surface area contributed by atoms with Gasteiger partial charge < -0.3 is 5.73 Å². The molecule has 1 amide bonds. The Morgan fingerprint density at radius 1 is 1.42 bits per heavy atom. The lowest BCUT2D eigenvalue weighted by molar-refractivity contribution is -0.117. The maximum Gasteiger partial charge on any atom is 0.223 e. The second-order valence-electron chi connectivity index (χ2n) is 2.50. The van der Waals surface area contributed by atoms with Crippen molar-refractivity contribution in [3.8, 4) is 0 Å². The first-order valence-corrected chi connectivity index (χ1v) is 3.80. The summed E-state index contributed by atoms with van der Waals surface area (Å²) in [6, 6.07) is 0. The van der Waals surface area contributed by atoms with E-state index in [0.29, 0.717) is 5.69 Å². The molecule has 64 valence electrons. The van der Waals surface area contributed by atoms with Gasteiger partial charge in [0.15, 0.2) is 0 Å². The fraction of sp³-hybridized carbons (Fsp3) is 0.375. The second-order valence-corrected chi connectivity index (χ2v) is 2.50. The number of hydrogen-bond acceptors (Lipinski definition) is 3. The lowest BCUT2D eigenvalue weighted by Gasteiger charge is -1.97. The molecule has 4 nitrogen and oxygen atoms in total. The first kappa shape index (κ1) is 8.64. The molecule has 1 heterocycles. The van der Waals surface area contributed by atoms with Crippen LogP contribution in [0, 0.1) is 0 Å². The molecule has 0 radical (unpaired) electrons. The van der Waals surface area contributed by atoms with Gasteiger partial charge in [0.25, 0.3) is 0 Å². The van der Waals surface area contributed by atoms with Crippen molar-refractivity contribution in [1.82, 2.24) is 9.97 Å². The Bertz CT molecular complexity index is 268. The minimum Gasteiger partial charge on any atom is -0.369 e. The number of nitrogens with zero attached hydrogens (tertiary/aromatic N) is 2. The van der Waals surface area contributed by atoms with Gasteiger partial charge in [-0.15, -0.1) is 0 Å². The van der Waals surface area contributed by atoms with Crippen LogP contribution in [0.1, 0.15) is 18.3 Å². The van der Waals surface area contributed by atoms with E-state index in [9.17, 15) is 4.79 Å². The van der Waals surface area contributed by atoms with E-state index in [1.807, 2.05) is 6.92 Å². The number of nitrogens with two attached hydrogens (primary N) is 1. The molecule has 1 aromatic rings. The summed E-state index contributed by atoms with van der Waals surface area (Å²) in [7, 11) is 0. The van der Waals surface area contributed by atoms with Crippen LogP contribution in [0.4, 0.5) is 0 Å². The lowest BCUT2D eigenvalue weighted by Crippen LogP contribution is -2.14. The standard InChI is InChI=1S/C8H11N3O/c1-2-6-4-11-7(5-10-6)3-8(9)12/h4-5H,2-3H2,1H3,(H2,9,12). The first-order chi connectivity index (χ1) is 5.72. The van der Waals surface area contributed by atoms with Crippen molar-refractivity contribution in [2.75, 3.05) is 0 Å². The Labute approximate surface area is 70.8 Å². The third-order valence-corrected chi connectivity index (χ3v) is 1.48. The summed E-state index contributed by atoms with van der Waals surface area (Å²) in [4.78, 5) is 18.6. The van der Waals surface area contributed by atoms with Crippen LogP contribution < -0.4 is 5.73 Å². The summed E-state index contributed by atoms with van der Waals surface area (Å²) in [5, 5.41) is 0. The summed E-state index contributed by atoms with van der Waals surface area (Å²) < 4.78 is 0. The predicted octanol–water partition coefficient (Wildman–Crippen LogP) is 0.0668. The molecule has 2 N–H and O–H groups in total. The lowest BCUT2D eigenvalue weighted by atomic mass is 10.3. The largest absolute Gasteiger partial charge is 0.369 e. The maximum absolute atomic E-state index is 10.5. The molecule has 0 saturated heterocycles. The van der Waals surface area contributed by atoms with Crippen LogP contribution in [0.3, 0.4) is 0 Å². The van der Waals surface area contributed by atoms with Gasteiger partial charge in [-0.2, -0.15) is 0 Å². The Kier molecular flexibility index (Phi) is 2.74. The fourth-order valence-electron chi connectivity index (χ4n) is 0.834. The SMILES string of the molecule is CCc1cnc(CC(N)=O)cn1. The van der Waals surface area contributed by atoms with Crippen LogP contribution in [0.25, 0.3) is 0 Å². The molecule has 0 bridgehead atoms. The Balaban J connectivity index is 2.71. The van der Waals surface area contributed by atoms with Crippen LogP contribution >= 0.6 is 0 Å². The Morgan fingerprint density at radius 2 is 2.00 bits per heavy atom. The molecule has 1 aromatic heterocycles. The summed E-state index contributed by atoms with van der Waals surface area (Å²) in [6.07, 6.45) is 4.27. The Morgan fingerprint density at radius 3 is 2.42 bits per heavy atom. The van der Waals surface area contributed by atoms with Crippen molar-refractivity contribution in [3.63, 3.8) is 0 Å². The number of aromatic nitrogens is 2. The normalized spacial score (nSPS) is 9.75. The molecule has 12 heavy (non-hydrogen) atoms. The van der Waals surface area contributed by atoms with Gasteiger partial charge in [-0.1, -0.05) is 6.92 Å². The van der Waals surface area contributed by atoms with Gasteiger partial charge in [0.1, 0.15) is 0 Å². The molecule has 0 aliphatic rings. The number of hydrogen-bond donors (Lipinski definition) is 1. The summed E-state index contributed by atoms with van der Waals surface area (Å²) in [5.41, 5.74) is 6.53. The van der Waals surface area contributed by atoms with Crippen LogP contribution in [0.2, 0.25) is 0 Å². The van der Waals surface area contributed by atoms with Gasteiger partial charge in [-0.3, -0.25) is 14.8 Å². The minimum absolute atomic E-state index is 0.164. The van der Waals surface area contributed by atoms with Crippen molar-refractivity contribution >= 4 is 5.91 Å². The maximum atomic E-state index is 10.5. The van der Waals surface area contributed by atoms with Crippen LogP contribution in [0.15, 0.2) is 12.4 Å². The summed E-state index contributed by atoms with van der Waals surface area (Å²) >= 11 is 0. The zero-order valence-electron chi connectivity index (χ0n) is 6.95. The first-order valence-electron chi connectivity index (χ1n) is 3.80. The highest BCUT2D eigenvalue weighted by molar-refractivity contribution is 5.75. The number of carbonyl (C=O) groups excluding carboxylic acids is 1. The average Bonchev–Trinajstić information content (AvgIpc) is 2.05. The van der Waals surface area contributed by atoms with Crippen molar-refractivity contribution in [2.24, 2.45) is 5.73 Å². The fourth-order valence-corrected chi connectivity index (χ4v) is 0.834. The van der Waals surface area contributed by atoms with E-state index in [2.05, 4.69) is 9.97 Å². The van der Waals surface area contributed by atoms with E-state index in [0.717, 1.165) is 12.1 Å². The number of amides is 1. The topological polar surface area (TPSA) is 68.9 Å². The second kappa shape index (κ2) is 3.80. The molecule has 0 atom stereocenters. The molecule has 1 rings (SSSR count). The van der Waals surface area contributed by atoms with Gasteiger partial charge in [0, 0.05) is 12.4 Å². The zero-order chi connectivity index (χ0) is 8.97. The van der Waals surface area contributed by atoms with Crippen LogP contribution in [-0.2, 0) is 17.6 Å². The van der Waals surface area contributed by atoms with Gasteiger partial charge in [0.2, 0.25) is 5.91 Å².